The molecule has 2 N–H and O–H groups in total. The Kier molecular flexibility index (Phi) is 13.3. The first-order valence-electron chi connectivity index (χ1n) is 22.2. The first-order chi connectivity index (χ1) is 31.2. The van der Waals surface area contributed by atoms with E-state index < -0.39 is 22.7 Å². The molecule has 0 amide bonds. The zero-order chi connectivity index (χ0) is 44.7. The molecule has 0 aromatic heterocycles. The Morgan fingerprint density at radius 1 is 0.562 bits per heavy atom. The number of methoxy groups -OCH3 is 2. The summed E-state index contributed by atoms with van der Waals surface area (Å²) in [6.45, 7) is 4.58. The number of ketones is 3. The number of Topliss-reactive ketones (excluding diaryl/α,β-unsaturated/α-hetero) is 3. The van der Waals surface area contributed by atoms with Gasteiger partial charge in [-0.25, -0.2) is 0 Å². The van der Waals surface area contributed by atoms with Gasteiger partial charge < -0.3 is 20.1 Å². The first kappa shape index (κ1) is 44.0. The molecule has 4 atom stereocenters. The van der Waals surface area contributed by atoms with Crippen LogP contribution in [0.1, 0.15) is 68.7 Å². The average Bonchev–Trinajstić information content (AvgIpc) is 3.35. The lowest BCUT2D eigenvalue weighted by atomic mass is 9.51. The summed E-state index contributed by atoms with van der Waals surface area (Å²) in [4.78, 5) is 47.8. The number of aryl methyl sites for hydroxylation is 2. The van der Waals surface area contributed by atoms with Crippen LogP contribution in [0.5, 0.6) is 0 Å². The molecule has 324 valence electrons. The number of hydrogen-bond donors (Lipinski definition) is 2. The van der Waals surface area contributed by atoms with Crippen LogP contribution in [0.2, 0.25) is 0 Å². The lowest BCUT2D eigenvalue weighted by Gasteiger charge is -2.50. The highest BCUT2D eigenvalue weighted by Crippen LogP contribution is 2.58. The summed E-state index contributed by atoms with van der Waals surface area (Å²) >= 11 is 0. The van der Waals surface area contributed by atoms with Crippen molar-refractivity contribution in [3.05, 3.63) is 226 Å². The maximum atomic E-state index is 17.3. The highest BCUT2D eigenvalue weighted by atomic mass is 16.5. The van der Waals surface area contributed by atoms with Crippen LogP contribution in [0.3, 0.4) is 0 Å². The van der Waals surface area contributed by atoms with Crippen molar-refractivity contribution in [2.75, 3.05) is 27.4 Å². The Balaban J connectivity index is 1.46. The van der Waals surface area contributed by atoms with Gasteiger partial charge in [0.15, 0.2) is 17.3 Å². The van der Waals surface area contributed by atoms with E-state index >= 15 is 14.4 Å². The Hall–Kier alpha value is -6.67. The zero-order valence-electron chi connectivity index (χ0n) is 37.1. The standard InChI is InChI=1S/C57H56N2O5/c1-39-17-11-13-25-45(39)47-33-51(43-23-15-29-58-37-43)56(27-31-63-3,35-49(47)53(60)41-19-7-5-8-20-41)55(62)57(28-32-64-4)36-50(54(61)42-21-9-6-10-22-42)48(46-26-14-12-18-40(46)2)34-52(57)44-24-16-30-59-38-44/h5-22,25-26,29-30,33-38,51-52,58-59H,23-24,27-28,31-32H2,1-4H3. The monoisotopic (exact) mass is 848 g/mol. The second-order valence-electron chi connectivity index (χ2n) is 17.1. The molecule has 0 saturated carbocycles. The van der Waals surface area contributed by atoms with Crippen molar-refractivity contribution < 1.29 is 23.9 Å². The number of rotatable bonds is 16. The summed E-state index contributed by atoms with van der Waals surface area (Å²) in [5, 5.41) is 6.66. The van der Waals surface area contributed by atoms with Crippen LogP contribution in [0.4, 0.5) is 0 Å². The minimum absolute atomic E-state index is 0.105. The van der Waals surface area contributed by atoms with Gasteiger partial charge in [-0.3, -0.25) is 14.4 Å². The highest BCUT2D eigenvalue weighted by Gasteiger charge is 2.58. The van der Waals surface area contributed by atoms with Gasteiger partial charge in [0.1, 0.15) is 0 Å². The van der Waals surface area contributed by atoms with Gasteiger partial charge in [0.05, 0.1) is 10.8 Å². The van der Waals surface area contributed by atoms with Gasteiger partial charge in [0.2, 0.25) is 0 Å². The fraction of sp³-hybridized carbons (Fsp3) is 0.246. The van der Waals surface area contributed by atoms with Crippen LogP contribution in [0.15, 0.2) is 193 Å². The summed E-state index contributed by atoms with van der Waals surface area (Å²) in [5.74, 6) is -1.49. The number of carbonyl (C=O) groups is 3. The molecule has 7 heteroatoms. The summed E-state index contributed by atoms with van der Waals surface area (Å²) in [6, 6.07) is 34.8. The molecule has 7 nitrogen and oxygen atoms in total. The van der Waals surface area contributed by atoms with E-state index in [4.69, 9.17) is 9.47 Å². The van der Waals surface area contributed by atoms with Crippen LogP contribution in [-0.2, 0) is 14.3 Å². The van der Waals surface area contributed by atoms with Crippen LogP contribution in [-0.4, -0.2) is 44.8 Å². The predicted molar refractivity (Wildman–Crippen MR) is 256 cm³/mol. The number of hydrogen-bond acceptors (Lipinski definition) is 7. The summed E-state index contributed by atoms with van der Waals surface area (Å²) in [7, 11) is 3.30. The predicted octanol–water partition coefficient (Wildman–Crippen LogP) is 11.0. The lowest BCUT2D eigenvalue weighted by Crippen LogP contribution is -2.53. The van der Waals surface area contributed by atoms with E-state index in [-0.39, 0.29) is 43.4 Å². The van der Waals surface area contributed by atoms with Gasteiger partial charge in [-0.05, 0) is 96.5 Å². The molecular weight excluding hydrogens is 793 g/mol. The fourth-order valence-electron chi connectivity index (χ4n) is 10.1. The van der Waals surface area contributed by atoms with E-state index in [0.29, 0.717) is 35.1 Å². The number of benzene rings is 4. The number of nitrogens with one attached hydrogen (secondary N) is 2. The second-order valence-corrected chi connectivity index (χ2v) is 17.1. The zero-order valence-corrected chi connectivity index (χ0v) is 37.1. The molecule has 2 aliphatic heterocycles. The molecule has 0 bridgehead atoms. The molecule has 64 heavy (non-hydrogen) atoms. The number of allylic oxidation sites excluding steroid dienone is 12. The Morgan fingerprint density at radius 3 is 1.31 bits per heavy atom. The minimum atomic E-state index is -1.35. The second kappa shape index (κ2) is 19.4. The molecule has 4 aliphatic rings. The summed E-state index contributed by atoms with van der Waals surface area (Å²) in [6.07, 6.45) is 22.0. The molecule has 8 rings (SSSR count). The fourth-order valence-corrected chi connectivity index (χ4v) is 10.1. The molecule has 0 spiro atoms. The van der Waals surface area contributed by atoms with Crippen LogP contribution in [0, 0.1) is 36.5 Å². The number of dihydropyridines is 2. The van der Waals surface area contributed by atoms with Crippen LogP contribution < -0.4 is 10.6 Å². The molecule has 4 unspecified atom stereocenters. The number of carbonyl (C=O) groups excluding carboxylic acids is 3. The molecular formula is C57H56N2O5. The van der Waals surface area contributed by atoms with Crippen molar-refractivity contribution >= 4 is 28.5 Å². The normalized spacial score (nSPS) is 22.7. The SMILES string of the molecule is COCCC1(C(=O)C2(CCOC)C=C(C(=O)c3ccccc3)C(c3ccccc3C)=CC2C2=CNC=CC2)C=C(C(=O)c2ccccc2)C(c2ccccc2C)=CC1C1=CNC=CC1. The van der Waals surface area contributed by atoms with Gasteiger partial charge in [0, 0.05) is 73.9 Å². The van der Waals surface area contributed by atoms with Crippen molar-refractivity contribution in [3.63, 3.8) is 0 Å². The minimum Gasteiger partial charge on any atom is -0.385 e. The van der Waals surface area contributed by atoms with Crippen LogP contribution in [0.25, 0.3) is 11.1 Å². The van der Waals surface area contributed by atoms with E-state index in [1.165, 1.54) is 0 Å². The molecule has 2 heterocycles. The molecule has 2 aliphatic carbocycles. The van der Waals surface area contributed by atoms with E-state index in [2.05, 4.69) is 73.1 Å². The Morgan fingerprint density at radius 2 is 0.953 bits per heavy atom. The molecule has 0 radical (unpaired) electrons. The molecule has 0 fully saturated rings. The topological polar surface area (TPSA) is 93.7 Å². The van der Waals surface area contributed by atoms with Crippen molar-refractivity contribution in [1.29, 1.82) is 0 Å². The van der Waals surface area contributed by atoms with Crippen LogP contribution >= 0.6 is 0 Å². The maximum absolute atomic E-state index is 17.3. The third-order valence-electron chi connectivity index (χ3n) is 13.3. The third-order valence-corrected chi connectivity index (χ3v) is 13.3. The van der Waals surface area contributed by atoms with Gasteiger partial charge in [-0.2, -0.15) is 0 Å². The van der Waals surface area contributed by atoms with E-state index in [9.17, 15) is 0 Å². The first-order valence-corrected chi connectivity index (χ1v) is 22.2. The summed E-state index contributed by atoms with van der Waals surface area (Å²) < 4.78 is 11.9. The molecule has 0 saturated heterocycles. The number of ether oxygens (including phenoxy) is 2. The van der Waals surface area contributed by atoms with E-state index in [1.807, 2.05) is 122 Å². The largest absolute Gasteiger partial charge is 0.385 e. The summed E-state index contributed by atoms with van der Waals surface area (Å²) in [5.41, 5.74) is 6.69. The quantitative estimate of drug-likeness (QED) is 0.108. The van der Waals surface area contributed by atoms with Crippen molar-refractivity contribution in [1.82, 2.24) is 10.6 Å². The van der Waals surface area contributed by atoms with Gasteiger partial charge in [0.25, 0.3) is 0 Å². The van der Waals surface area contributed by atoms with Gasteiger partial charge >= 0.3 is 0 Å². The van der Waals surface area contributed by atoms with Gasteiger partial charge in [-0.1, -0.05) is 146 Å². The Bertz CT molecular complexity index is 2500. The lowest BCUT2D eigenvalue weighted by molar-refractivity contribution is -0.139. The maximum Gasteiger partial charge on any atom is 0.193 e. The van der Waals surface area contributed by atoms with Crippen molar-refractivity contribution in [2.45, 2.75) is 39.5 Å². The third kappa shape index (κ3) is 8.41. The average molecular weight is 849 g/mol. The van der Waals surface area contributed by atoms with Gasteiger partial charge in [-0.15, -0.1) is 0 Å². The van der Waals surface area contributed by atoms with Crippen molar-refractivity contribution in [3.8, 4) is 0 Å². The molecule has 4 aromatic carbocycles. The van der Waals surface area contributed by atoms with Crippen molar-refractivity contribution in [2.24, 2.45) is 22.7 Å². The smallest absolute Gasteiger partial charge is 0.193 e. The Labute approximate surface area is 377 Å². The molecule has 4 aromatic rings. The van der Waals surface area contributed by atoms with E-state index in [1.54, 1.807) is 14.2 Å². The highest BCUT2D eigenvalue weighted by molar-refractivity contribution is 6.22. The van der Waals surface area contributed by atoms with E-state index in [0.717, 1.165) is 44.5 Å².